The van der Waals surface area contributed by atoms with Gasteiger partial charge in [0.1, 0.15) is 11.4 Å². The number of aryl methyl sites for hydroxylation is 1. The van der Waals surface area contributed by atoms with Gasteiger partial charge in [-0.05, 0) is 55.9 Å². The average Bonchev–Trinajstić information content (AvgIpc) is 3.57. The van der Waals surface area contributed by atoms with E-state index in [0.717, 1.165) is 58.5 Å². The standard InChI is InChI=1S/C29H30N4O3S/c1-32-17-15-22-23(32)11-7-12-24(22)36-29(35)30-18-21-10-5-6-16-33(21)28(34)25-26(19-8-3-2-4-9-19)37-27(31-25)20-13-14-20/h2-4,7-9,11-12,15,17,20-21H,5-6,10,13-14,16,18H2,1H3,(H,30,35)/t21-/m0/s1. The van der Waals surface area contributed by atoms with Crippen molar-refractivity contribution in [3.05, 3.63) is 71.5 Å². The van der Waals surface area contributed by atoms with E-state index in [1.807, 2.05) is 71.2 Å². The Kier molecular flexibility index (Phi) is 6.42. The van der Waals surface area contributed by atoms with Gasteiger partial charge in [0.2, 0.25) is 0 Å². The van der Waals surface area contributed by atoms with Gasteiger partial charge in [-0.1, -0.05) is 36.4 Å². The lowest BCUT2D eigenvalue weighted by Crippen LogP contribution is -2.50. The monoisotopic (exact) mass is 514 g/mol. The van der Waals surface area contributed by atoms with E-state index in [4.69, 9.17) is 9.72 Å². The summed E-state index contributed by atoms with van der Waals surface area (Å²) in [6.07, 6.45) is 6.52. The lowest BCUT2D eigenvalue weighted by molar-refractivity contribution is 0.0607. The zero-order valence-corrected chi connectivity index (χ0v) is 21.7. The average molecular weight is 515 g/mol. The van der Waals surface area contributed by atoms with Gasteiger partial charge in [0, 0.05) is 43.7 Å². The van der Waals surface area contributed by atoms with E-state index in [1.165, 1.54) is 0 Å². The third-order valence-corrected chi connectivity index (χ3v) is 8.54. The van der Waals surface area contributed by atoms with E-state index in [9.17, 15) is 9.59 Å². The van der Waals surface area contributed by atoms with Crippen LogP contribution in [0.5, 0.6) is 5.75 Å². The normalized spacial score (nSPS) is 17.6. The summed E-state index contributed by atoms with van der Waals surface area (Å²) in [4.78, 5) is 34.3. The summed E-state index contributed by atoms with van der Waals surface area (Å²) in [6, 6.07) is 17.6. The summed E-state index contributed by atoms with van der Waals surface area (Å²) in [6.45, 7) is 1.00. The molecule has 2 aliphatic rings. The van der Waals surface area contributed by atoms with Crippen molar-refractivity contribution in [1.29, 1.82) is 0 Å². The van der Waals surface area contributed by atoms with E-state index < -0.39 is 6.09 Å². The molecule has 37 heavy (non-hydrogen) atoms. The SMILES string of the molecule is Cn1ccc2c(OC(=O)NC[C@@H]3CCCCN3C(=O)c3nc(C4CC4)sc3-c3ccccc3)cccc21. The summed E-state index contributed by atoms with van der Waals surface area (Å²) in [7, 11) is 1.96. The second kappa shape index (κ2) is 10.0. The highest BCUT2D eigenvalue weighted by molar-refractivity contribution is 7.15. The highest BCUT2D eigenvalue weighted by atomic mass is 32.1. The van der Waals surface area contributed by atoms with Crippen LogP contribution in [0.2, 0.25) is 0 Å². The van der Waals surface area contributed by atoms with Gasteiger partial charge < -0.3 is 19.5 Å². The smallest absolute Gasteiger partial charge is 0.410 e. The van der Waals surface area contributed by atoms with Crippen LogP contribution < -0.4 is 10.1 Å². The number of thiazole rings is 1. The molecular formula is C29H30N4O3S. The summed E-state index contributed by atoms with van der Waals surface area (Å²) in [5.41, 5.74) is 2.57. The van der Waals surface area contributed by atoms with Crippen LogP contribution in [0.1, 0.15) is 53.5 Å². The van der Waals surface area contributed by atoms with Crippen molar-refractivity contribution in [3.63, 3.8) is 0 Å². The van der Waals surface area contributed by atoms with Gasteiger partial charge in [0.25, 0.3) is 5.91 Å². The molecule has 2 fully saturated rings. The molecule has 2 aromatic carbocycles. The van der Waals surface area contributed by atoms with Crippen LogP contribution in [0.3, 0.4) is 0 Å². The molecule has 1 saturated heterocycles. The number of benzene rings is 2. The molecule has 0 radical (unpaired) electrons. The molecule has 8 heteroatoms. The van der Waals surface area contributed by atoms with Crippen LogP contribution in [-0.4, -0.2) is 45.6 Å². The maximum absolute atomic E-state index is 13.9. The summed E-state index contributed by atoms with van der Waals surface area (Å²) >= 11 is 1.65. The first-order valence-electron chi connectivity index (χ1n) is 13.0. The molecule has 2 aromatic heterocycles. The number of ether oxygens (including phenoxy) is 1. The first-order chi connectivity index (χ1) is 18.1. The first-order valence-corrected chi connectivity index (χ1v) is 13.8. The number of piperidine rings is 1. The molecular weight excluding hydrogens is 484 g/mol. The molecule has 2 amide bonds. The molecule has 0 unspecified atom stereocenters. The Labute approximate surface area is 220 Å². The highest BCUT2D eigenvalue weighted by Gasteiger charge is 2.34. The zero-order valence-electron chi connectivity index (χ0n) is 20.9. The minimum atomic E-state index is -0.510. The van der Waals surface area contributed by atoms with Crippen molar-refractivity contribution in [2.24, 2.45) is 7.05 Å². The molecule has 4 aromatic rings. The van der Waals surface area contributed by atoms with Crippen molar-refractivity contribution >= 4 is 34.2 Å². The van der Waals surface area contributed by atoms with E-state index >= 15 is 0 Å². The first kappa shape index (κ1) is 23.7. The molecule has 1 atom stereocenters. The van der Waals surface area contributed by atoms with Gasteiger partial charge in [-0.2, -0.15) is 0 Å². The summed E-state index contributed by atoms with van der Waals surface area (Å²) in [5.74, 6) is 0.961. The van der Waals surface area contributed by atoms with E-state index in [1.54, 1.807) is 17.4 Å². The predicted octanol–water partition coefficient (Wildman–Crippen LogP) is 5.96. The molecule has 0 bridgehead atoms. The lowest BCUT2D eigenvalue weighted by Gasteiger charge is -2.35. The number of fused-ring (bicyclic) bond motifs is 1. The molecule has 1 saturated carbocycles. The number of nitrogens with zero attached hydrogens (tertiary/aromatic N) is 3. The third kappa shape index (κ3) is 4.85. The predicted molar refractivity (Wildman–Crippen MR) is 145 cm³/mol. The van der Waals surface area contributed by atoms with Gasteiger partial charge in [0.05, 0.1) is 15.4 Å². The van der Waals surface area contributed by atoms with Crippen molar-refractivity contribution < 1.29 is 14.3 Å². The second-order valence-corrected chi connectivity index (χ2v) is 10.9. The highest BCUT2D eigenvalue weighted by Crippen LogP contribution is 2.45. The van der Waals surface area contributed by atoms with Gasteiger partial charge in [-0.25, -0.2) is 9.78 Å². The molecule has 0 spiro atoms. The Morgan fingerprint density at radius 1 is 1.05 bits per heavy atom. The number of nitrogens with one attached hydrogen (secondary N) is 1. The second-order valence-electron chi connectivity index (χ2n) is 9.90. The lowest BCUT2D eigenvalue weighted by atomic mass is 10.0. The number of aromatic nitrogens is 2. The Morgan fingerprint density at radius 2 is 1.89 bits per heavy atom. The maximum Gasteiger partial charge on any atom is 0.412 e. The molecule has 6 rings (SSSR count). The Hall–Kier alpha value is -3.65. The number of hydrogen-bond donors (Lipinski definition) is 1. The largest absolute Gasteiger partial charge is 0.412 e. The zero-order chi connectivity index (χ0) is 25.4. The topological polar surface area (TPSA) is 76.5 Å². The van der Waals surface area contributed by atoms with Crippen LogP contribution in [0.25, 0.3) is 21.3 Å². The van der Waals surface area contributed by atoms with Crippen LogP contribution in [0, 0.1) is 0 Å². The number of amides is 2. The number of carbonyl (C=O) groups is 2. The maximum atomic E-state index is 13.9. The number of rotatable bonds is 6. The quantitative estimate of drug-likeness (QED) is 0.344. The Balaban J connectivity index is 1.18. The fourth-order valence-corrected chi connectivity index (χ4v) is 6.32. The molecule has 1 N–H and O–H groups in total. The number of hydrogen-bond acceptors (Lipinski definition) is 5. The minimum Gasteiger partial charge on any atom is -0.410 e. The Bertz CT molecular complexity index is 1440. The van der Waals surface area contributed by atoms with Gasteiger partial charge in [0.15, 0.2) is 0 Å². The summed E-state index contributed by atoms with van der Waals surface area (Å²) < 4.78 is 7.64. The molecule has 7 nitrogen and oxygen atoms in total. The Morgan fingerprint density at radius 3 is 2.70 bits per heavy atom. The summed E-state index contributed by atoms with van der Waals surface area (Å²) in [5, 5.41) is 4.86. The van der Waals surface area contributed by atoms with E-state index in [2.05, 4.69) is 5.32 Å². The molecule has 190 valence electrons. The molecule has 3 heterocycles. The molecule has 1 aliphatic carbocycles. The van der Waals surface area contributed by atoms with Crippen molar-refractivity contribution in [2.45, 2.75) is 44.1 Å². The van der Waals surface area contributed by atoms with E-state index in [0.29, 0.717) is 30.5 Å². The van der Waals surface area contributed by atoms with Crippen molar-refractivity contribution in [3.8, 4) is 16.2 Å². The van der Waals surface area contributed by atoms with Gasteiger partial charge in [-0.3, -0.25) is 4.79 Å². The third-order valence-electron chi connectivity index (χ3n) is 7.27. The van der Waals surface area contributed by atoms with Gasteiger partial charge >= 0.3 is 6.09 Å². The van der Waals surface area contributed by atoms with Gasteiger partial charge in [-0.15, -0.1) is 11.3 Å². The van der Waals surface area contributed by atoms with Crippen LogP contribution in [0.4, 0.5) is 4.79 Å². The van der Waals surface area contributed by atoms with Crippen LogP contribution in [-0.2, 0) is 7.05 Å². The van der Waals surface area contributed by atoms with Crippen LogP contribution in [0.15, 0.2) is 60.8 Å². The minimum absolute atomic E-state index is 0.0454. The van der Waals surface area contributed by atoms with Crippen molar-refractivity contribution in [2.75, 3.05) is 13.1 Å². The van der Waals surface area contributed by atoms with Crippen LogP contribution >= 0.6 is 11.3 Å². The van der Waals surface area contributed by atoms with E-state index in [-0.39, 0.29) is 11.9 Å². The number of likely N-dealkylation sites (tertiary alicyclic amines) is 1. The molecule has 1 aliphatic heterocycles. The fraction of sp³-hybridized carbons (Fsp3) is 0.345. The fourth-order valence-electron chi connectivity index (χ4n) is 5.09. The van der Waals surface area contributed by atoms with Crippen molar-refractivity contribution in [1.82, 2.24) is 19.8 Å². The number of carbonyl (C=O) groups excluding carboxylic acids is 2.